The third kappa shape index (κ3) is 7.79. The zero-order valence-electron chi connectivity index (χ0n) is 44.1. The van der Waals surface area contributed by atoms with Gasteiger partial charge in [0.2, 0.25) is 0 Å². The van der Waals surface area contributed by atoms with E-state index in [-0.39, 0.29) is 0 Å². The normalized spacial score (nSPS) is 12.6. The van der Waals surface area contributed by atoms with Crippen LogP contribution in [0.15, 0.2) is 228 Å². The van der Waals surface area contributed by atoms with Crippen molar-refractivity contribution in [3.05, 3.63) is 241 Å². The Morgan fingerprint density at radius 2 is 0.714 bits per heavy atom. The van der Waals surface area contributed by atoms with Gasteiger partial charge in [-0.05, 0) is 181 Å². The van der Waals surface area contributed by atoms with Crippen LogP contribution in [0, 0.1) is 0 Å². The SMILES string of the molecule is CCn1c2cc(SC)ccc2c2ccc(N(c3ccc(OC)cc3)c3ccc4c(c3)C(c3ccccc3)(c3ccccc3)c3cc(N(c5ccc(OC)cc5)c5ccc6c7ccc(SC)cc7n(CC)c6c5)ccc3-4)cc21. The molecule has 0 radical (unpaired) electrons. The summed E-state index contributed by atoms with van der Waals surface area (Å²) < 4.78 is 16.4. The van der Waals surface area contributed by atoms with Crippen molar-refractivity contribution in [3.8, 4) is 22.6 Å². The first-order valence-corrected chi connectivity index (χ1v) is 28.8. The molecule has 13 rings (SSSR count). The molecule has 10 aromatic carbocycles. The van der Waals surface area contributed by atoms with Crippen LogP contribution in [-0.4, -0.2) is 35.9 Å². The van der Waals surface area contributed by atoms with Crippen LogP contribution in [0.3, 0.4) is 0 Å². The van der Waals surface area contributed by atoms with Crippen LogP contribution in [0.5, 0.6) is 11.5 Å². The quantitative estimate of drug-likeness (QED) is 0.101. The Hall–Kier alpha value is -8.30. The van der Waals surface area contributed by atoms with Crippen molar-refractivity contribution < 1.29 is 9.47 Å². The number of thioether (sulfide) groups is 2. The molecule has 2 heterocycles. The van der Waals surface area contributed by atoms with Gasteiger partial charge in [0.25, 0.3) is 0 Å². The number of hydrogen-bond donors (Lipinski definition) is 0. The fraction of sp³-hybridized carbons (Fsp3) is 0.130. The number of ether oxygens (including phenoxy) is 2. The first kappa shape index (κ1) is 48.3. The van der Waals surface area contributed by atoms with E-state index in [2.05, 4.69) is 264 Å². The Balaban J connectivity index is 1.04. The molecule has 77 heavy (non-hydrogen) atoms. The number of hydrogen-bond acceptors (Lipinski definition) is 6. The summed E-state index contributed by atoms with van der Waals surface area (Å²) in [5.74, 6) is 1.63. The molecule has 0 fully saturated rings. The lowest BCUT2D eigenvalue weighted by Gasteiger charge is -2.35. The fourth-order valence-corrected chi connectivity index (χ4v) is 13.3. The summed E-state index contributed by atoms with van der Waals surface area (Å²) in [6.07, 6.45) is 4.30. The summed E-state index contributed by atoms with van der Waals surface area (Å²) in [7, 11) is 3.45. The van der Waals surface area contributed by atoms with Gasteiger partial charge in [0.15, 0.2) is 0 Å². The maximum Gasteiger partial charge on any atom is 0.119 e. The molecule has 378 valence electrons. The van der Waals surface area contributed by atoms with Crippen molar-refractivity contribution in [2.75, 3.05) is 36.5 Å². The molecule has 0 aliphatic heterocycles. The topological polar surface area (TPSA) is 34.8 Å². The Labute approximate surface area is 459 Å². The predicted octanol–water partition coefficient (Wildman–Crippen LogP) is 18.7. The van der Waals surface area contributed by atoms with Gasteiger partial charge in [-0.25, -0.2) is 0 Å². The smallest absolute Gasteiger partial charge is 0.119 e. The van der Waals surface area contributed by atoms with Gasteiger partial charge < -0.3 is 28.4 Å². The number of anilines is 6. The van der Waals surface area contributed by atoms with Crippen LogP contribution in [0.25, 0.3) is 54.7 Å². The molecule has 6 nitrogen and oxygen atoms in total. The van der Waals surface area contributed by atoms with Crippen LogP contribution < -0.4 is 19.3 Å². The van der Waals surface area contributed by atoms with E-state index in [1.807, 2.05) is 0 Å². The van der Waals surface area contributed by atoms with Gasteiger partial charge in [0.05, 0.1) is 41.7 Å². The third-order valence-electron chi connectivity index (χ3n) is 16.0. The standard InChI is InChI=1S/C69H58N4O2S2/c1-7-70-65-41-51(25-35-59(65)61-37-31-55(76-5)43-67(61)70)72(47-19-27-53(74-3)28-20-47)49-23-33-57-58-34-24-50(40-64(58)69(63(57)39-49,45-15-11-9-12-16-45)46-17-13-10-14-18-46)73(48-21-29-54(75-4)30-22-48)52-26-36-60-62-38-32-56(77-6)44-68(62)71(8-2)66(60)42-52/h9-44H,7-8H2,1-6H3. The fourth-order valence-electron chi connectivity index (χ4n) is 12.4. The molecule has 0 unspecified atom stereocenters. The highest BCUT2D eigenvalue weighted by Gasteiger charge is 2.47. The average Bonchev–Trinajstić information content (AvgIpc) is 4.32. The molecule has 1 aliphatic rings. The summed E-state index contributed by atoms with van der Waals surface area (Å²) in [6.45, 7) is 6.20. The second-order valence-electron chi connectivity index (χ2n) is 19.7. The number of benzene rings is 10. The monoisotopic (exact) mass is 1040 g/mol. The molecule has 0 bridgehead atoms. The van der Waals surface area contributed by atoms with E-state index in [0.717, 1.165) is 58.7 Å². The highest BCUT2D eigenvalue weighted by molar-refractivity contribution is 7.98. The second-order valence-corrected chi connectivity index (χ2v) is 21.4. The third-order valence-corrected chi connectivity index (χ3v) is 17.4. The molecule has 0 atom stereocenters. The summed E-state index contributed by atoms with van der Waals surface area (Å²) in [5.41, 5.74) is 17.8. The van der Waals surface area contributed by atoms with Crippen LogP contribution in [0.4, 0.5) is 34.1 Å². The van der Waals surface area contributed by atoms with Crippen molar-refractivity contribution in [1.29, 1.82) is 0 Å². The van der Waals surface area contributed by atoms with Gasteiger partial charge in [0.1, 0.15) is 11.5 Å². The largest absolute Gasteiger partial charge is 0.497 e. The summed E-state index contributed by atoms with van der Waals surface area (Å²) in [6, 6.07) is 81.2. The Morgan fingerprint density at radius 3 is 1.08 bits per heavy atom. The summed E-state index contributed by atoms with van der Waals surface area (Å²) in [5, 5.41) is 5.04. The highest BCUT2D eigenvalue weighted by atomic mass is 32.2. The minimum Gasteiger partial charge on any atom is -0.497 e. The van der Waals surface area contributed by atoms with Gasteiger partial charge in [-0.15, -0.1) is 23.5 Å². The molecule has 0 saturated heterocycles. The Kier molecular flexibility index (Phi) is 12.4. The van der Waals surface area contributed by atoms with Crippen molar-refractivity contribution in [2.24, 2.45) is 0 Å². The lowest BCUT2D eigenvalue weighted by molar-refractivity contribution is 0.414. The highest BCUT2D eigenvalue weighted by Crippen LogP contribution is 2.59. The number of nitrogens with zero attached hydrogens (tertiary/aromatic N) is 4. The van der Waals surface area contributed by atoms with E-state index >= 15 is 0 Å². The first-order valence-electron chi connectivity index (χ1n) is 26.4. The van der Waals surface area contributed by atoms with Crippen molar-refractivity contribution >= 4 is 101 Å². The van der Waals surface area contributed by atoms with E-state index in [1.165, 1.54) is 86.8 Å². The molecule has 1 aliphatic carbocycles. The number of methoxy groups -OCH3 is 2. The van der Waals surface area contributed by atoms with E-state index in [4.69, 9.17) is 9.47 Å². The first-order chi connectivity index (χ1) is 37.9. The van der Waals surface area contributed by atoms with Crippen molar-refractivity contribution in [3.63, 3.8) is 0 Å². The molecule has 12 aromatic rings. The summed E-state index contributed by atoms with van der Waals surface area (Å²) >= 11 is 3.57. The molecule has 0 N–H and O–H groups in total. The maximum absolute atomic E-state index is 5.73. The second kappa shape index (κ2) is 19.7. The van der Waals surface area contributed by atoms with Crippen molar-refractivity contribution in [1.82, 2.24) is 9.13 Å². The van der Waals surface area contributed by atoms with E-state index in [0.29, 0.717) is 0 Å². The Bertz CT molecular complexity index is 3910. The van der Waals surface area contributed by atoms with Crippen LogP contribution in [0.2, 0.25) is 0 Å². The van der Waals surface area contributed by atoms with Gasteiger partial charge in [-0.1, -0.05) is 97.1 Å². The predicted molar refractivity (Wildman–Crippen MR) is 327 cm³/mol. The maximum atomic E-state index is 5.73. The molecular weight excluding hydrogens is 981 g/mol. The van der Waals surface area contributed by atoms with E-state index < -0.39 is 5.41 Å². The van der Waals surface area contributed by atoms with Crippen LogP contribution >= 0.6 is 23.5 Å². The number of aromatic nitrogens is 2. The lowest BCUT2D eigenvalue weighted by Crippen LogP contribution is -2.29. The van der Waals surface area contributed by atoms with E-state index in [9.17, 15) is 0 Å². The molecular formula is C69H58N4O2S2. The van der Waals surface area contributed by atoms with Crippen LogP contribution in [0.1, 0.15) is 36.1 Å². The van der Waals surface area contributed by atoms with E-state index in [1.54, 1.807) is 37.7 Å². The molecule has 8 heteroatoms. The number of fused-ring (bicyclic) bond motifs is 9. The van der Waals surface area contributed by atoms with Crippen molar-refractivity contribution in [2.45, 2.75) is 42.1 Å². The Morgan fingerprint density at radius 1 is 0.377 bits per heavy atom. The molecule has 0 saturated carbocycles. The number of rotatable bonds is 14. The van der Waals surface area contributed by atoms with Gasteiger partial charge >= 0.3 is 0 Å². The average molecular weight is 1040 g/mol. The molecule has 0 spiro atoms. The zero-order chi connectivity index (χ0) is 52.4. The minimum atomic E-state index is -0.711. The zero-order valence-corrected chi connectivity index (χ0v) is 45.8. The summed E-state index contributed by atoms with van der Waals surface area (Å²) in [4.78, 5) is 7.35. The molecule has 0 amide bonds. The van der Waals surface area contributed by atoms with Gasteiger partial charge in [-0.3, -0.25) is 0 Å². The number of aryl methyl sites for hydroxylation is 2. The van der Waals surface area contributed by atoms with Gasteiger partial charge in [0, 0.05) is 78.5 Å². The minimum absolute atomic E-state index is 0.711. The lowest BCUT2D eigenvalue weighted by atomic mass is 9.67. The van der Waals surface area contributed by atoms with Crippen LogP contribution in [-0.2, 0) is 18.5 Å². The molecule has 2 aromatic heterocycles. The van der Waals surface area contributed by atoms with Gasteiger partial charge in [-0.2, -0.15) is 0 Å².